The molecule has 0 aliphatic carbocycles. The molecule has 9 nitrogen and oxygen atoms in total. The third-order valence-electron chi connectivity index (χ3n) is 5.74. The van der Waals surface area contributed by atoms with Crippen molar-refractivity contribution in [1.82, 2.24) is 25.2 Å². The minimum absolute atomic E-state index is 0.188. The van der Waals surface area contributed by atoms with Gasteiger partial charge < -0.3 is 25.4 Å². The number of nitrogens with one attached hydrogen (secondary N) is 2. The molecular formula is C26H32N6O3. The van der Waals surface area contributed by atoms with E-state index in [1.165, 1.54) is 0 Å². The van der Waals surface area contributed by atoms with Crippen molar-refractivity contribution in [1.29, 1.82) is 0 Å². The molecule has 1 saturated heterocycles. The van der Waals surface area contributed by atoms with Gasteiger partial charge in [-0.3, -0.25) is 9.78 Å². The van der Waals surface area contributed by atoms with Crippen LogP contribution < -0.4 is 15.4 Å². The maximum absolute atomic E-state index is 11.8. The summed E-state index contributed by atoms with van der Waals surface area (Å²) in [5.74, 6) is 2.15. The molecular weight excluding hydrogens is 444 g/mol. The highest BCUT2D eigenvalue weighted by atomic mass is 16.5. The molecule has 3 N–H and O–H groups in total. The number of carbonyl (C=O) groups is 1. The van der Waals surface area contributed by atoms with Crippen LogP contribution in [0, 0.1) is 0 Å². The van der Waals surface area contributed by atoms with Gasteiger partial charge in [0.25, 0.3) is 0 Å². The maximum Gasteiger partial charge on any atom is 0.222 e. The van der Waals surface area contributed by atoms with Gasteiger partial charge in [-0.15, -0.1) is 0 Å². The summed E-state index contributed by atoms with van der Waals surface area (Å²) in [6.45, 7) is 2.94. The number of anilines is 1. The normalized spacial score (nSPS) is 14.2. The quantitative estimate of drug-likeness (QED) is 0.342. The smallest absolute Gasteiger partial charge is 0.222 e. The van der Waals surface area contributed by atoms with Crippen LogP contribution in [0.1, 0.15) is 19.3 Å². The van der Waals surface area contributed by atoms with Gasteiger partial charge in [-0.1, -0.05) is 12.1 Å². The number of hydrogen-bond donors (Lipinski definition) is 3. The first-order valence-electron chi connectivity index (χ1n) is 12.0. The Morgan fingerprint density at radius 1 is 1.17 bits per heavy atom. The molecule has 1 atom stereocenters. The molecule has 0 saturated carbocycles. The first kappa shape index (κ1) is 24.6. The van der Waals surface area contributed by atoms with E-state index >= 15 is 0 Å². The van der Waals surface area contributed by atoms with Gasteiger partial charge >= 0.3 is 0 Å². The Bertz CT molecular complexity index is 1110. The second-order valence-electron chi connectivity index (χ2n) is 8.52. The van der Waals surface area contributed by atoms with Gasteiger partial charge in [-0.05, 0) is 44.2 Å². The fraction of sp³-hybridized carbons (Fsp3) is 0.385. The highest BCUT2D eigenvalue weighted by Gasteiger charge is 2.19. The van der Waals surface area contributed by atoms with Gasteiger partial charge in [0.05, 0.1) is 5.69 Å². The van der Waals surface area contributed by atoms with Crippen molar-refractivity contribution in [3.8, 4) is 28.4 Å². The van der Waals surface area contributed by atoms with Crippen molar-refractivity contribution in [2.24, 2.45) is 0 Å². The molecule has 1 amide bonds. The molecule has 1 aliphatic rings. The summed E-state index contributed by atoms with van der Waals surface area (Å²) in [5.41, 5.74) is 2.46. The number of nitrogens with zero attached hydrogens (tertiary/aromatic N) is 4. The Morgan fingerprint density at radius 2 is 2.06 bits per heavy atom. The Morgan fingerprint density at radius 3 is 2.83 bits per heavy atom. The van der Waals surface area contributed by atoms with E-state index in [0.29, 0.717) is 36.9 Å². The molecule has 3 heterocycles. The van der Waals surface area contributed by atoms with E-state index < -0.39 is 6.10 Å². The Kier molecular flexibility index (Phi) is 8.58. The number of pyridine rings is 1. The number of carbonyl (C=O) groups excluding carboxylic acids is 1. The number of ether oxygens (including phenoxy) is 1. The number of aromatic nitrogens is 3. The zero-order chi connectivity index (χ0) is 24.5. The number of likely N-dealkylation sites (tertiary alicyclic amines) is 1. The van der Waals surface area contributed by atoms with Crippen LogP contribution in [0.4, 0.5) is 5.82 Å². The zero-order valence-corrected chi connectivity index (χ0v) is 20.0. The predicted octanol–water partition coefficient (Wildman–Crippen LogP) is 2.59. The highest BCUT2D eigenvalue weighted by Crippen LogP contribution is 2.26. The van der Waals surface area contributed by atoms with Crippen LogP contribution in [-0.4, -0.2) is 76.8 Å². The minimum Gasteiger partial charge on any atom is -0.491 e. The Labute approximate surface area is 205 Å². The second kappa shape index (κ2) is 12.2. The van der Waals surface area contributed by atoms with Crippen molar-refractivity contribution < 1.29 is 14.6 Å². The van der Waals surface area contributed by atoms with Crippen molar-refractivity contribution in [3.63, 3.8) is 0 Å². The zero-order valence-electron chi connectivity index (χ0n) is 20.0. The Balaban J connectivity index is 1.51. The van der Waals surface area contributed by atoms with Gasteiger partial charge in [-0.25, -0.2) is 9.97 Å². The number of benzene rings is 1. The molecule has 1 unspecified atom stereocenters. The topological polar surface area (TPSA) is 112 Å². The first-order valence-corrected chi connectivity index (χ1v) is 12.0. The van der Waals surface area contributed by atoms with Crippen molar-refractivity contribution in [2.75, 3.05) is 45.2 Å². The van der Waals surface area contributed by atoms with Gasteiger partial charge in [0, 0.05) is 62.2 Å². The second-order valence-corrected chi connectivity index (χ2v) is 8.52. The van der Waals surface area contributed by atoms with E-state index in [9.17, 15) is 9.90 Å². The molecule has 35 heavy (non-hydrogen) atoms. The van der Waals surface area contributed by atoms with Gasteiger partial charge in [0.15, 0.2) is 5.82 Å². The molecule has 0 bridgehead atoms. The van der Waals surface area contributed by atoms with Crippen LogP contribution in [0.2, 0.25) is 0 Å². The third-order valence-corrected chi connectivity index (χ3v) is 5.74. The average molecular weight is 477 g/mol. The lowest BCUT2D eigenvalue weighted by Gasteiger charge is -2.16. The molecule has 1 aromatic carbocycles. The summed E-state index contributed by atoms with van der Waals surface area (Å²) >= 11 is 0. The predicted molar refractivity (Wildman–Crippen MR) is 135 cm³/mol. The number of likely N-dealkylation sites (N-methyl/N-ethyl adjacent to an activating group) is 1. The first-order chi connectivity index (χ1) is 17.1. The number of aliphatic hydroxyl groups excluding tert-OH is 1. The molecule has 184 valence electrons. The summed E-state index contributed by atoms with van der Waals surface area (Å²) in [7, 11) is 1.79. The SMILES string of the molecule is CNCC(O)COc1cccc(-c2nc(NCCCN3CCCC3=O)cc(-c3cccnc3)n2)c1. The standard InChI is InChI=1S/C26H32N6O3/c1-27-17-21(33)18-35-22-8-2-6-19(14-22)26-30-23(20-7-3-10-28-16-20)15-24(31-26)29-11-5-13-32-12-4-9-25(32)34/h2-3,6-8,10,14-16,21,27,33H,4-5,9,11-13,17-18H2,1H3,(H,29,30,31). The number of aliphatic hydroxyl groups is 1. The molecule has 2 aromatic heterocycles. The summed E-state index contributed by atoms with van der Waals surface area (Å²) in [4.78, 5) is 27.5. The lowest BCUT2D eigenvalue weighted by Crippen LogP contribution is -2.29. The van der Waals surface area contributed by atoms with Crippen molar-refractivity contribution >= 4 is 11.7 Å². The highest BCUT2D eigenvalue weighted by molar-refractivity contribution is 5.78. The summed E-state index contributed by atoms with van der Waals surface area (Å²) in [5, 5.41) is 16.3. The fourth-order valence-electron chi connectivity index (χ4n) is 3.97. The van der Waals surface area contributed by atoms with Crippen LogP contribution in [0.5, 0.6) is 5.75 Å². The molecule has 9 heteroatoms. The van der Waals surface area contributed by atoms with Crippen LogP contribution in [0.15, 0.2) is 54.9 Å². The molecule has 4 rings (SSSR count). The summed E-state index contributed by atoms with van der Waals surface area (Å²) in [6, 6.07) is 13.3. The van der Waals surface area contributed by atoms with Crippen molar-refractivity contribution in [3.05, 3.63) is 54.9 Å². The number of hydrogen-bond acceptors (Lipinski definition) is 8. The summed E-state index contributed by atoms with van der Waals surface area (Å²) in [6.07, 6.45) is 5.36. The molecule has 0 spiro atoms. The Hall–Kier alpha value is -3.56. The van der Waals surface area contributed by atoms with Crippen molar-refractivity contribution in [2.45, 2.75) is 25.4 Å². The van der Waals surface area contributed by atoms with Gasteiger partial charge in [0.1, 0.15) is 24.3 Å². The van der Waals surface area contributed by atoms with Gasteiger partial charge in [0.2, 0.25) is 5.91 Å². The minimum atomic E-state index is -0.597. The van der Waals surface area contributed by atoms with Crippen LogP contribution in [-0.2, 0) is 4.79 Å². The largest absolute Gasteiger partial charge is 0.491 e. The number of amides is 1. The van der Waals surface area contributed by atoms with Crippen LogP contribution in [0.25, 0.3) is 22.6 Å². The number of rotatable bonds is 12. The van der Waals surface area contributed by atoms with E-state index in [1.54, 1.807) is 19.4 Å². The molecule has 3 aromatic rings. The van der Waals surface area contributed by atoms with Crippen LogP contribution >= 0.6 is 0 Å². The van der Waals surface area contributed by atoms with E-state index in [-0.39, 0.29) is 12.5 Å². The van der Waals surface area contributed by atoms with E-state index in [1.807, 2.05) is 47.4 Å². The fourth-order valence-corrected chi connectivity index (χ4v) is 3.97. The molecule has 0 radical (unpaired) electrons. The van der Waals surface area contributed by atoms with E-state index in [0.717, 1.165) is 42.8 Å². The lowest BCUT2D eigenvalue weighted by atomic mass is 10.1. The monoisotopic (exact) mass is 476 g/mol. The van der Waals surface area contributed by atoms with E-state index in [2.05, 4.69) is 15.6 Å². The van der Waals surface area contributed by atoms with Crippen LogP contribution in [0.3, 0.4) is 0 Å². The van der Waals surface area contributed by atoms with Gasteiger partial charge in [-0.2, -0.15) is 0 Å². The molecule has 1 aliphatic heterocycles. The third kappa shape index (κ3) is 6.97. The lowest BCUT2D eigenvalue weighted by molar-refractivity contribution is -0.127. The molecule has 1 fully saturated rings. The average Bonchev–Trinajstić information content (AvgIpc) is 3.30. The maximum atomic E-state index is 11.8. The summed E-state index contributed by atoms with van der Waals surface area (Å²) < 4.78 is 5.76. The van der Waals surface area contributed by atoms with E-state index in [4.69, 9.17) is 14.7 Å².